The first-order valence-electron chi connectivity index (χ1n) is 6.97. The van der Waals surface area contributed by atoms with Crippen LogP contribution in [-0.2, 0) is 0 Å². The molecule has 0 bridgehead atoms. The number of benzene rings is 2. The first kappa shape index (κ1) is 14.4. The van der Waals surface area contributed by atoms with Gasteiger partial charge in [0, 0.05) is 24.8 Å². The van der Waals surface area contributed by atoms with Crippen LogP contribution >= 0.6 is 0 Å². The summed E-state index contributed by atoms with van der Waals surface area (Å²) in [7, 11) is 2.07. The first-order valence-corrected chi connectivity index (χ1v) is 6.97. The predicted octanol–water partition coefficient (Wildman–Crippen LogP) is 3.22. The van der Waals surface area contributed by atoms with Crippen molar-refractivity contribution in [2.24, 2.45) is 5.73 Å². The van der Waals surface area contributed by atoms with Gasteiger partial charge < -0.3 is 15.4 Å². The van der Waals surface area contributed by atoms with E-state index in [4.69, 9.17) is 10.5 Å². The van der Waals surface area contributed by atoms with Crippen LogP contribution in [0.2, 0.25) is 0 Å². The lowest BCUT2D eigenvalue weighted by molar-refractivity contribution is 0.334. The van der Waals surface area contributed by atoms with Crippen molar-refractivity contribution >= 4 is 5.69 Å². The van der Waals surface area contributed by atoms with Gasteiger partial charge in [-0.1, -0.05) is 36.4 Å². The van der Waals surface area contributed by atoms with Gasteiger partial charge in [-0.2, -0.15) is 0 Å². The molecule has 0 heterocycles. The highest BCUT2D eigenvalue weighted by Gasteiger charge is 2.19. The van der Waals surface area contributed by atoms with Gasteiger partial charge in [0.05, 0.1) is 12.6 Å². The van der Waals surface area contributed by atoms with Crippen molar-refractivity contribution in [3.8, 4) is 5.75 Å². The normalized spacial score (nSPS) is 11.9. The zero-order chi connectivity index (χ0) is 14.4. The molecule has 2 N–H and O–H groups in total. The van der Waals surface area contributed by atoms with E-state index in [0.717, 1.165) is 17.0 Å². The van der Waals surface area contributed by atoms with Crippen LogP contribution in [-0.4, -0.2) is 20.2 Å². The van der Waals surface area contributed by atoms with Gasteiger partial charge in [-0.25, -0.2) is 0 Å². The average molecular weight is 270 g/mol. The summed E-state index contributed by atoms with van der Waals surface area (Å²) in [5.74, 6) is 0.910. The van der Waals surface area contributed by atoms with Crippen molar-refractivity contribution in [1.29, 1.82) is 0 Å². The van der Waals surface area contributed by atoms with Crippen LogP contribution in [0, 0.1) is 0 Å². The van der Waals surface area contributed by atoms with Crippen LogP contribution in [0.15, 0.2) is 54.6 Å². The van der Waals surface area contributed by atoms with Crippen molar-refractivity contribution in [3.05, 3.63) is 60.2 Å². The fourth-order valence-corrected chi connectivity index (χ4v) is 2.38. The Balaban J connectivity index is 2.33. The van der Waals surface area contributed by atoms with Gasteiger partial charge >= 0.3 is 0 Å². The molecular formula is C17H22N2O. The maximum absolute atomic E-state index is 6.01. The highest BCUT2D eigenvalue weighted by molar-refractivity contribution is 5.50. The van der Waals surface area contributed by atoms with Crippen molar-refractivity contribution in [2.45, 2.75) is 13.0 Å². The molecular weight excluding hydrogens is 248 g/mol. The third-order valence-electron chi connectivity index (χ3n) is 3.43. The maximum atomic E-state index is 6.01. The van der Waals surface area contributed by atoms with Crippen LogP contribution in [0.25, 0.3) is 0 Å². The number of anilines is 1. The summed E-state index contributed by atoms with van der Waals surface area (Å²) in [6.45, 7) is 3.19. The summed E-state index contributed by atoms with van der Waals surface area (Å²) in [5.41, 5.74) is 8.29. The molecule has 1 unspecified atom stereocenters. The minimum Gasteiger partial charge on any atom is -0.494 e. The molecule has 20 heavy (non-hydrogen) atoms. The molecule has 0 aliphatic heterocycles. The van der Waals surface area contributed by atoms with E-state index in [-0.39, 0.29) is 6.04 Å². The summed E-state index contributed by atoms with van der Waals surface area (Å²) in [5, 5.41) is 0. The summed E-state index contributed by atoms with van der Waals surface area (Å²) < 4.78 is 5.72. The highest BCUT2D eigenvalue weighted by Crippen LogP contribution is 2.31. The number of rotatable bonds is 6. The third-order valence-corrected chi connectivity index (χ3v) is 3.43. The van der Waals surface area contributed by atoms with E-state index < -0.39 is 0 Å². The minimum absolute atomic E-state index is 0.0974. The van der Waals surface area contributed by atoms with E-state index in [9.17, 15) is 0 Å². The Morgan fingerprint density at radius 3 is 2.35 bits per heavy atom. The number of hydrogen-bond donors (Lipinski definition) is 1. The Morgan fingerprint density at radius 2 is 1.70 bits per heavy atom. The van der Waals surface area contributed by atoms with Gasteiger partial charge in [-0.3, -0.25) is 0 Å². The van der Waals surface area contributed by atoms with Crippen LogP contribution in [0.5, 0.6) is 5.75 Å². The predicted molar refractivity (Wildman–Crippen MR) is 84.3 cm³/mol. The molecule has 106 valence electrons. The first-order chi connectivity index (χ1) is 9.77. The van der Waals surface area contributed by atoms with E-state index in [1.165, 1.54) is 0 Å². The van der Waals surface area contributed by atoms with Gasteiger partial charge in [0.2, 0.25) is 0 Å². The second kappa shape index (κ2) is 6.96. The number of likely N-dealkylation sites (N-methyl/N-ethyl adjacent to an activating group) is 1. The lowest BCUT2D eigenvalue weighted by atomic mass is 10.0. The average Bonchev–Trinajstić information content (AvgIpc) is 2.51. The number of nitrogens with zero attached hydrogens (tertiary/aromatic N) is 1. The summed E-state index contributed by atoms with van der Waals surface area (Å²) in [6.07, 6.45) is 0. The molecule has 3 nitrogen and oxygen atoms in total. The molecule has 0 spiro atoms. The second-order valence-corrected chi connectivity index (χ2v) is 4.67. The Morgan fingerprint density at radius 1 is 1.05 bits per heavy atom. The second-order valence-electron chi connectivity index (χ2n) is 4.67. The number of hydrogen-bond acceptors (Lipinski definition) is 3. The van der Waals surface area contributed by atoms with Crippen molar-refractivity contribution < 1.29 is 4.74 Å². The molecule has 0 aliphatic rings. The zero-order valence-electron chi connectivity index (χ0n) is 12.1. The molecule has 2 rings (SSSR count). The summed E-state index contributed by atoms with van der Waals surface area (Å²) in [4.78, 5) is 2.19. The fraction of sp³-hybridized carbons (Fsp3) is 0.294. The van der Waals surface area contributed by atoms with E-state index in [1.54, 1.807) is 0 Å². The van der Waals surface area contributed by atoms with E-state index in [2.05, 4.69) is 30.1 Å². The molecule has 0 fully saturated rings. The molecule has 1 atom stereocenters. The third kappa shape index (κ3) is 3.11. The molecule has 0 amide bonds. The van der Waals surface area contributed by atoms with Crippen LogP contribution in [0.4, 0.5) is 5.69 Å². The van der Waals surface area contributed by atoms with Gasteiger partial charge in [0.25, 0.3) is 0 Å². The van der Waals surface area contributed by atoms with E-state index in [1.807, 2.05) is 43.3 Å². The topological polar surface area (TPSA) is 38.5 Å². The highest BCUT2D eigenvalue weighted by atomic mass is 16.5. The summed E-state index contributed by atoms with van der Waals surface area (Å²) >= 11 is 0. The van der Waals surface area contributed by atoms with Crippen molar-refractivity contribution in [2.75, 3.05) is 25.1 Å². The fourth-order valence-electron chi connectivity index (χ4n) is 2.38. The van der Waals surface area contributed by atoms with Gasteiger partial charge in [0.1, 0.15) is 5.75 Å². The Labute approximate surface area is 121 Å². The van der Waals surface area contributed by atoms with E-state index in [0.29, 0.717) is 13.2 Å². The number of nitrogens with two attached hydrogens (primary N) is 1. The standard InChI is InChI=1S/C17H22N2O/c1-3-20-17-12-8-7-11-15(17)16(13-18)19(2)14-9-5-4-6-10-14/h4-12,16H,3,13,18H2,1-2H3. The minimum atomic E-state index is 0.0974. The molecule has 2 aromatic carbocycles. The molecule has 0 aliphatic carbocycles. The van der Waals surface area contributed by atoms with Crippen molar-refractivity contribution in [1.82, 2.24) is 0 Å². The molecule has 0 radical (unpaired) electrons. The van der Waals surface area contributed by atoms with Crippen LogP contribution in [0.1, 0.15) is 18.5 Å². The van der Waals surface area contributed by atoms with Crippen LogP contribution in [0.3, 0.4) is 0 Å². The van der Waals surface area contributed by atoms with Crippen LogP contribution < -0.4 is 15.4 Å². The zero-order valence-corrected chi connectivity index (χ0v) is 12.1. The number of para-hydroxylation sites is 2. The summed E-state index contributed by atoms with van der Waals surface area (Å²) in [6, 6.07) is 18.5. The molecule has 0 saturated carbocycles. The Hall–Kier alpha value is -2.00. The van der Waals surface area contributed by atoms with Crippen molar-refractivity contribution in [3.63, 3.8) is 0 Å². The lowest BCUT2D eigenvalue weighted by Crippen LogP contribution is -2.30. The maximum Gasteiger partial charge on any atom is 0.124 e. The molecule has 3 heteroatoms. The quantitative estimate of drug-likeness (QED) is 0.876. The Kier molecular flexibility index (Phi) is 5.02. The lowest BCUT2D eigenvalue weighted by Gasteiger charge is -2.30. The molecule has 0 aromatic heterocycles. The van der Waals surface area contributed by atoms with E-state index >= 15 is 0 Å². The van der Waals surface area contributed by atoms with Gasteiger partial charge in [-0.15, -0.1) is 0 Å². The SMILES string of the molecule is CCOc1ccccc1C(CN)N(C)c1ccccc1. The molecule has 2 aromatic rings. The van der Waals surface area contributed by atoms with Gasteiger partial charge in [-0.05, 0) is 25.1 Å². The number of ether oxygens (including phenoxy) is 1. The van der Waals surface area contributed by atoms with Gasteiger partial charge in [0.15, 0.2) is 0 Å². The Bertz CT molecular complexity index is 528. The largest absolute Gasteiger partial charge is 0.494 e. The monoisotopic (exact) mass is 270 g/mol. The molecule has 0 saturated heterocycles. The smallest absolute Gasteiger partial charge is 0.124 e.